The molecule has 4 heteroatoms. The van der Waals surface area contributed by atoms with E-state index in [1.807, 2.05) is 54.6 Å². The number of hydrogen-bond acceptors (Lipinski definition) is 4. The van der Waals surface area contributed by atoms with Crippen molar-refractivity contribution in [3.05, 3.63) is 77.0 Å². The van der Waals surface area contributed by atoms with E-state index >= 15 is 0 Å². The molecular formula is C22H19N3O. The number of nitrogens with two attached hydrogens (primary N) is 1. The third-order valence-electron chi connectivity index (χ3n) is 4.76. The molecule has 0 amide bonds. The Balaban J connectivity index is 1.63. The molecule has 1 aliphatic rings. The highest BCUT2D eigenvalue weighted by molar-refractivity contribution is 5.79. The molecule has 3 aromatic rings. The summed E-state index contributed by atoms with van der Waals surface area (Å²) < 4.78 is 5.85. The first-order chi connectivity index (χ1) is 12.8. The molecule has 128 valence electrons. The van der Waals surface area contributed by atoms with Gasteiger partial charge >= 0.3 is 0 Å². The summed E-state index contributed by atoms with van der Waals surface area (Å²) in [5, 5.41) is 9.56. The number of aromatic nitrogens is 1. The average Bonchev–Trinajstić information content (AvgIpc) is 3.14. The molecule has 0 saturated heterocycles. The molecule has 0 aliphatic heterocycles. The van der Waals surface area contributed by atoms with Crippen LogP contribution in [-0.2, 0) is 19.4 Å². The van der Waals surface area contributed by atoms with Crippen LogP contribution in [0.2, 0.25) is 0 Å². The van der Waals surface area contributed by atoms with Crippen LogP contribution < -0.4 is 10.5 Å². The first kappa shape index (κ1) is 16.2. The highest BCUT2D eigenvalue weighted by Crippen LogP contribution is 2.37. The number of rotatable bonds is 4. The Hall–Kier alpha value is -3.32. The van der Waals surface area contributed by atoms with Gasteiger partial charge < -0.3 is 10.5 Å². The lowest BCUT2D eigenvalue weighted by atomic mass is 9.94. The molecule has 0 fully saturated rings. The van der Waals surface area contributed by atoms with Gasteiger partial charge in [-0.3, -0.25) is 0 Å². The lowest BCUT2D eigenvalue weighted by molar-refractivity contribution is 0.306. The summed E-state index contributed by atoms with van der Waals surface area (Å²) in [5.74, 6) is 1.13. The molecule has 0 atom stereocenters. The van der Waals surface area contributed by atoms with Gasteiger partial charge in [0.2, 0.25) is 0 Å². The molecule has 4 nitrogen and oxygen atoms in total. The van der Waals surface area contributed by atoms with E-state index in [4.69, 9.17) is 10.5 Å². The van der Waals surface area contributed by atoms with Crippen molar-refractivity contribution in [2.45, 2.75) is 25.9 Å². The first-order valence-corrected chi connectivity index (χ1v) is 8.75. The zero-order valence-electron chi connectivity index (χ0n) is 14.4. The number of pyridine rings is 1. The van der Waals surface area contributed by atoms with E-state index < -0.39 is 0 Å². The third-order valence-corrected chi connectivity index (χ3v) is 4.76. The Morgan fingerprint density at radius 3 is 2.54 bits per heavy atom. The number of nitrogens with zero attached hydrogens (tertiary/aromatic N) is 2. The van der Waals surface area contributed by atoms with Crippen LogP contribution in [0.4, 0.5) is 5.82 Å². The molecule has 1 aliphatic carbocycles. The summed E-state index contributed by atoms with van der Waals surface area (Å²) in [5.41, 5.74) is 11.7. The number of ether oxygens (including phenoxy) is 1. The predicted octanol–water partition coefficient (Wildman–Crippen LogP) is 4.27. The van der Waals surface area contributed by atoms with Crippen molar-refractivity contribution in [1.82, 2.24) is 4.98 Å². The fourth-order valence-electron chi connectivity index (χ4n) is 3.49. The minimum absolute atomic E-state index is 0.326. The topological polar surface area (TPSA) is 71.9 Å². The van der Waals surface area contributed by atoms with Crippen LogP contribution in [0.15, 0.2) is 54.6 Å². The van der Waals surface area contributed by atoms with Crippen molar-refractivity contribution in [2.75, 3.05) is 5.73 Å². The summed E-state index contributed by atoms with van der Waals surface area (Å²) in [7, 11) is 0. The quantitative estimate of drug-likeness (QED) is 0.769. The SMILES string of the molecule is N#Cc1c(N)nc2c(c1-c1ccc(OCc3ccccc3)cc1)CCC2. The van der Waals surface area contributed by atoms with Crippen LogP contribution in [0.3, 0.4) is 0 Å². The highest BCUT2D eigenvalue weighted by atomic mass is 16.5. The minimum Gasteiger partial charge on any atom is -0.489 e. The zero-order chi connectivity index (χ0) is 17.9. The van der Waals surface area contributed by atoms with Crippen LogP contribution in [0.1, 0.15) is 28.8 Å². The molecule has 2 aromatic carbocycles. The van der Waals surface area contributed by atoms with Crippen molar-refractivity contribution in [3.8, 4) is 22.9 Å². The first-order valence-electron chi connectivity index (χ1n) is 8.75. The lowest BCUT2D eigenvalue weighted by Crippen LogP contribution is -2.03. The van der Waals surface area contributed by atoms with E-state index in [1.165, 1.54) is 0 Å². The van der Waals surface area contributed by atoms with Crippen LogP contribution in [0.25, 0.3) is 11.1 Å². The molecular weight excluding hydrogens is 322 g/mol. The maximum Gasteiger partial charge on any atom is 0.142 e. The summed E-state index contributed by atoms with van der Waals surface area (Å²) in [6.45, 7) is 0.529. The standard InChI is InChI=1S/C22H19N3O/c23-13-19-21(18-7-4-8-20(18)25-22(19)24)16-9-11-17(12-10-16)26-14-15-5-2-1-3-6-15/h1-3,5-6,9-12H,4,7-8,14H2,(H2,24,25). The smallest absolute Gasteiger partial charge is 0.142 e. The maximum atomic E-state index is 9.56. The molecule has 2 N–H and O–H groups in total. The molecule has 0 unspecified atom stereocenters. The van der Waals surface area contributed by atoms with Gasteiger partial charge in [0.1, 0.15) is 29.8 Å². The van der Waals surface area contributed by atoms with Gasteiger partial charge in [-0.2, -0.15) is 5.26 Å². The summed E-state index contributed by atoms with van der Waals surface area (Å²) in [6, 6.07) is 20.2. The molecule has 0 spiro atoms. The summed E-state index contributed by atoms with van der Waals surface area (Å²) >= 11 is 0. The van der Waals surface area contributed by atoms with Crippen molar-refractivity contribution in [2.24, 2.45) is 0 Å². The molecule has 0 saturated carbocycles. The van der Waals surface area contributed by atoms with E-state index in [0.29, 0.717) is 18.0 Å². The molecule has 4 rings (SSSR count). The highest BCUT2D eigenvalue weighted by Gasteiger charge is 2.23. The number of fused-ring (bicyclic) bond motifs is 1. The largest absolute Gasteiger partial charge is 0.489 e. The fourth-order valence-corrected chi connectivity index (χ4v) is 3.49. The number of nitrogen functional groups attached to an aromatic ring is 1. The van der Waals surface area contributed by atoms with Gasteiger partial charge in [0, 0.05) is 11.3 Å². The van der Waals surface area contributed by atoms with Crippen LogP contribution in [0, 0.1) is 11.3 Å². The summed E-state index contributed by atoms with van der Waals surface area (Å²) in [6.07, 6.45) is 2.93. The minimum atomic E-state index is 0.326. The second-order valence-electron chi connectivity index (χ2n) is 6.44. The number of aryl methyl sites for hydroxylation is 1. The van der Waals surface area contributed by atoms with Crippen molar-refractivity contribution in [1.29, 1.82) is 5.26 Å². The average molecular weight is 341 g/mol. The second kappa shape index (κ2) is 6.89. The monoisotopic (exact) mass is 341 g/mol. The van der Waals surface area contributed by atoms with Gasteiger partial charge in [0.25, 0.3) is 0 Å². The molecule has 1 heterocycles. The fraction of sp³-hybridized carbons (Fsp3) is 0.182. The zero-order valence-corrected chi connectivity index (χ0v) is 14.4. The van der Waals surface area contributed by atoms with Gasteiger partial charge in [-0.15, -0.1) is 0 Å². The van der Waals surface area contributed by atoms with Gasteiger partial charge in [0.15, 0.2) is 0 Å². The Labute approximate surface area is 152 Å². The van der Waals surface area contributed by atoms with Crippen molar-refractivity contribution in [3.63, 3.8) is 0 Å². The molecule has 0 radical (unpaired) electrons. The van der Waals surface area contributed by atoms with E-state index in [0.717, 1.165) is 53.0 Å². The predicted molar refractivity (Wildman–Crippen MR) is 102 cm³/mol. The van der Waals surface area contributed by atoms with E-state index in [2.05, 4.69) is 11.1 Å². The second-order valence-corrected chi connectivity index (χ2v) is 6.44. The normalized spacial score (nSPS) is 12.4. The van der Waals surface area contributed by atoms with Gasteiger partial charge in [-0.25, -0.2) is 4.98 Å². The molecule has 1 aromatic heterocycles. The summed E-state index contributed by atoms with van der Waals surface area (Å²) in [4.78, 5) is 4.42. The lowest BCUT2D eigenvalue weighted by Gasteiger charge is -2.13. The van der Waals surface area contributed by atoms with Gasteiger partial charge in [0.05, 0.1) is 0 Å². The maximum absolute atomic E-state index is 9.56. The van der Waals surface area contributed by atoms with Crippen molar-refractivity contribution < 1.29 is 4.74 Å². The Kier molecular flexibility index (Phi) is 4.28. The Bertz CT molecular complexity index is 972. The van der Waals surface area contributed by atoms with E-state index in [1.54, 1.807) is 0 Å². The Morgan fingerprint density at radius 2 is 1.81 bits per heavy atom. The number of benzene rings is 2. The number of hydrogen-bond donors (Lipinski definition) is 1. The van der Waals surface area contributed by atoms with Crippen molar-refractivity contribution >= 4 is 5.82 Å². The van der Waals surface area contributed by atoms with Crippen LogP contribution in [-0.4, -0.2) is 4.98 Å². The Morgan fingerprint density at radius 1 is 1.04 bits per heavy atom. The van der Waals surface area contributed by atoms with Crippen LogP contribution in [0.5, 0.6) is 5.75 Å². The molecule has 26 heavy (non-hydrogen) atoms. The van der Waals surface area contributed by atoms with Crippen LogP contribution >= 0.6 is 0 Å². The number of nitriles is 1. The van der Waals surface area contributed by atoms with E-state index in [9.17, 15) is 5.26 Å². The third kappa shape index (κ3) is 3.00. The number of anilines is 1. The molecule has 0 bridgehead atoms. The van der Waals surface area contributed by atoms with E-state index in [-0.39, 0.29) is 0 Å². The van der Waals surface area contributed by atoms with Gasteiger partial charge in [-0.1, -0.05) is 42.5 Å². The van der Waals surface area contributed by atoms with Gasteiger partial charge in [-0.05, 0) is 48.1 Å².